The molecule has 11 heteroatoms. The quantitative estimate of drug-likeness (QED) is 0.447. The lowest BCUT2D eigenvalue weighted by Gasteiger charge is -2.31. The zero-order valence-electron chi connectivity index (χ0n) is 22.9. The van der Waals surface area contributed by atoms with E-state index in [0.717, 1.165) is 22.3 Å². The van der Waals surface area contributed by atoms with Crippen LogP contribution in [-0.4, -0.2) is 89.1 Å². The van der Waals surface area contributed by atoms with Crippen molar-refractivity contribution in [1.29, 1.82) is 0 Å². The smallest absolute Gasteiger partial charge is 0.407 e. The highest BCUT2D eigenvalue weighted by Gasteiger charge is 2.43. The standard InChI is InChI=1S/C30H34N4O7/c1-18(27(36)33-14-6-12-24(33)28(37)34-15-7-13-25(34)29(38)39)32-26(35)16-31-30(40)41-17-23-21-10-4-2-8-19(21)20-9-3-5-11-22(20)23/h2-5,8-11,18,23-25H,6-7,12-17H2,1H3,(H,31,40)(H,32,35)(H,38,39)/t18-,24-,25-/m0/s1. The Balaban J connectivity index is 1.10. The number of aliphatic carboxylic acids is 1. The summed E-state index contributed by atoms with van der Waals surface area (Å²) in [6.45, 7) is 1.94. The summed E-state index contributed by atoms with van der Waals surface area (Å²) < 4.78 is 5.45. The van der Waals surface area contributed by atoms with Gasteiger partial charge in [-0.2, -0.15) is 0 Å². The van der Waals surface area contributed by atoms with Gasteiger partial charge in [0, 0.05) is 19.0 Å². The fraction of sp³-hybridized carbons (Fsp3) is 0.433. The Kier molecular flexibility index (Phi) is 8.23. The van der Waals surface area contributed by atoms with Crippen molar-refractivity contribution in [3.8, 4) is 11.1 Å². The van der Waals surface area contributed by atoms with Crippen LogP contribution in [0, 0.1) is 0 Å². The van der Waals surface area contributed by atoms with E-state index < -0.39 is 42.0 Å². The number of nitrogens with one attached hydrogen (secondary N) is 2. The number of rotatable bonds is 8. The average molecular weight is 563 g/mol. The minimum atomic E-state index is -1.05. The molecule has 0 spiro atoms. The number of carbonyl (C=O) groups excluding carboxylic acids is 4. The van der Waals surface area contributed by atoms with Gasteiger partial charge >= 0.3 is 12.1 Å². The molecule has 0 unspecified atom stereocenters. The maximum Gasteiger partial charge on any atom is 0.407 e. The fourth-order valence-corrected chi connectivity index (χ4v) is 6.17. The van der Waals surface area contributed by atoms with Gasteiger partial charge in [0.2, 0.25) is 17.7 Å². The van der Waals surface area contributed by atoms with Crippen LogP contribution in [0.1, 0.15) is 49.7 Å². The molecule has 0 saturated carbocycles. The van der Waals surface area contributed by atoms with Crippen LogP contribution in [0.4, 0.5) is 4.79 Å². The monoisotopic (exact) mass is 562 g/mol. The van der Waals surface area contributed by atoms with Crippen molar-refractivity contribution in [1.82, 2.24) is 20.4 Å². The second-order valence-electron chi connectivity index (χ2n) is 10.7. The lowest BCUT2D eigenvalue weighted by atomic mass is 9.98. The Morgan fingerprint density at radius 2 is 1.49 bits per heavy atom. The van der Waals surface area contributed by atoms with E-state index in [1.807, 2.05) is 48.5 Å². The molecular formula is C30H34N4O7. The molecule has 2 aromatic carbocycles. The van der Waals surface area contributed by atoms with E-state index in [0.29, 0.717) is 38.8 Å². The maximum absolute atomic E-state index is 13.1. The van der Waals surface area contributed by atoms with Gasteiger partial charge in [-0.15, -0.1) is 0 Å². The molecule has 11 nitrogen and oxygen atoms in total. The number of nitrogens with zero attached hydrogens (tertiary/aromatic N) is 2. The summed E-state index contributed by atoms with van der Waals surface area (Å²) in [5.74, 6) is -2.53. The van der Waals surface area contributed by atoms with Crippen molar-refractivity contribution >= 4 is 29.8 Å². The highest BCUT2D eigenvalue weighted by Crippen LogP contribution is 2.44. The van der Waals surface area contributed by atoms with E-state index in [9.17, 15) is 29.1 Å². The number of hydrogen-bond acceptors (Lipinski definition) is 6. The summed E-state index contributed by atoms with van der Waals surface area (Å²) in [6.07, 6.45) is 1.30. The lowest BCUT2D eigenvalue weighted by molar-refractivity contribution is -0.152. The molecule has 2 aliphatic heterocycles. The van der Waals surface area contributed by atoms with Gasteiger partial charge in [0.1, 0.15) is 31.3 Å². The van der Waals surface area contributed by atoms with Gasteiger partial charge in [0.15, 0.2) is 0 Å². The first kappa shape index (κ1) is 28.1. The third-order valence-electron chi connectivity index (χ3n) is 8.13. The largest absolute Gasteiger partial charge is 0.480 e. The topological polar surface area (TPSA) is 145 Å². The molecule has 0 aromatic heterocycles. The first-order valence-electron chi connectivity index (χ1n) is 14.0. The summed E-state index contributed by atoms with van der Waals surface area (Å²) in [6, 6.07) is 13.4. The van der Waals surface area contributed by atoms with Crippen LogP contribution in [0.3, 0.4) is 0 Å². The molecule has 1 aliphatic carbocycles. The molecule has 216 valence electrons. The van der Waals surface area contributed by atoms with Crippen LogP contribution >= 0.6 is 0 Å². The number of carboxylic acid groups (broad SMARTS) is 1. The van der Waals surface area contributed by atoms with Crippen molar-refractivity contribution in [2.75, 3.05) is 26.2 Å². The first-order valence-corrected chi connectivity index (χ1v) is 14.0. The number of carbonyl (C=O) groups is 5. The number of hydrogen-bond donors (Lipinski definition) is 3. The van der Waals surface area contributed by atoms with Gasteiger partial charge in [0.25, 0.3) is 0 Å². The normalized spacial score (nSPS) is 20.2. The molecule has 2 saturated heterocycles. The number of amides is 4. The molecule has 3 aliphatic rings. The van der Waals surface area contributed by atoms with E-state index >= 15 is 0 Å². The number of alkyl carbamates (subject to hydrolysis) is 1. The van der Waals surface area contributed by atoms with Gasteiger partial charge in [-0.3, -0.25) is 14.4 Å². The third kappa shape index (κ3) is 5.75. The van der Waals surface area contributed by atoms with E-state index in [1.165, 1.54) is 16.7 Å². The maximum atomic E-state index is 13.1. The second-order valence-corrected chi connectivity index (χ2v) is 10.7. The van der Waals surface area contributed by atoms with Crippen LogP contribution < -0.4 is 10.6 Å². The zero-order chi connectivity index (χ0) is 29.1. The SMILES string of the molecule is C[C@H](NC(=O)CNC(=O)OCC1c2ccccc2-c2ccccc21)C(=O)N1CCC[C@H]1C(=O)N1CCC[C@H]1C(=O)O. The predicted molar refractivity (Wildman–Crippen MR) is 148 cm³/mol. The molecule has 3 N–H and O–H groups in total. The van der Waals surface area contributed by atoms with Crippen LogP contribution in [-0.2, 0) is 23.9 Å². The molecule has 2 fully saturated rings. The van der Waals surface area contributed by atoms with Crippen LogP contribution in [0.15, 0.2) is 48.5 Å². The number of benzene rings is 2. The summed E-state index contributed by atoms with van der Waals surface area (Å²) in [5, 5.41) is 14.4. The molecule has 4 amide bonds. The van der Waals surface area contributed by atoms with Gasteiger partial charge < -0.3 is 30.3 Å². The summed E-state index contributed by atoms with van der Waals surface area (Å²) in [7, 11) is 0. The molecule has 41 heavy (non-hydrogen) atoms. The van der Waals surface area contributed by atoms with E-state index in [2.05, 4.69) is 10.6 Å². The summed E-state index contributed by atoms with van der Waals surface area (Å²) in [5.41, 5.74) is 4.38. The number of ether oxygens (including phenoxy) is 1. The van der Waals surface area contributed by atoms with Gasteiger partial charge in [-0.25, -0.2) is 9.59 Å². The van der Waals surface area contributed by atoms with Crippen LogP contribution in [0.25, 0.3) is 11.1 Å². The van der Waals surface area contributed by atoms with Crippen LogP contribution in [0.2, 0.25) is 0 Å². The molecule has 2 heterocycles. The molecule has 3 atom stereocenters. The van der Waals surface area contributed by atoms with Crippen molar-refractivity contribution in [2.45, 2.75) is 56.7 Å². The molecular weight excluding hydrogens is 528 g/mol. The predicted octanol–water partition coefficient (Wildman–Crippen LogP) is 2.10. The molecule has 0 radical (unpaired) electrons. The van der Waals surface area contributed by atoms with Gasteiger partial charge in [0.05, 0.1) is 0 Å². The Hall–Kier alpha value is -4.41. The second kappa shape index (κ2) is 12.0. The Morgan fingerprint density at radius 1 is 0.902 bits per heavy atom. The zero-order valence-corrected chi connectivity index (χ0v) is 22.9. The minimum absolute atomic E-state index is 0.109. The van der Waals surface area contributed by atoms with E-state index in [-0.39, 0.29) is 25.0 Å². The first-order chi connectivity index (χ1) is 19.8. The Labute approximate surface area is 237 Å². The highest BCUT2D eigenvalue weighted by atomic mass is 16.5. The highest BCUT2D eigenvalue weighted by molar-refractivity contribution is 5.94. The minimum Gasteiger partial charge on any atom is -0.480 e. The number of carboxylic acids is 1. The number of likely N-dealkylation sites (tertiary alicyclic amines) is 2. The summed E-state index contributed by atoms with van der Waals surface area (Å²) in [4.78, 5) is 65.5. The van der Waals surface area contributed by atoms with Crippen LogP contribution in [0.5, 0.6) is 0 Å². The Bertz CT molecular complexity index is 1320. The molecule has 5 rings (SSSR count). The Morgan fingerprint density at radius 3 is 2.12 bits per heavy atom. The average Bonchev–Trinajstić information content (AvgIpc) is 3.72. The van der Waals surface area contributed by atoms with Crippen molar-refractivity contribution in [3.63, 3.8) is 0 Å². The van der Waals surface area contributed by atoms with Crippen molar-refractivity contribution in [3.05, 3.63) is 59.7 Å². The number of fused-ring (bicyclic) bond motifs is 3. The van der Waals surface area contributed by atoms with E-state index in [4.69, 9.17) is 4.74 Å². The van der Waals surface area contributed by atoms with Crippen molar-refractivity contribution in [2.24, 2.45) is 0 Å². The fourth-order valence-electron chi connectivity index (χ4n) is 6.17. The third-order valence-corrected chi connectivity index (χ3v) is 8.13. The molecule has 2 aromatic rings. The van der Waals surface area contributed by atoms with Gasteiger partial charge in [-0.05, 0) is 54.9 Å². The summed E-state index contributed by atoms with van der Waals surface area (Å²) >= 11 is 0. The molecule has 0 bridgehead atoms. The van der Waals surface area contributed by atoms with Crippen molar-refractivity contribution < 1.29 is 33.8 Å². The van der Waals surface area contributed by atoms with Gasteiger partial charge in [-0.1, -0.05) is 48.5 Å². The lowest BCUT2D eigenvalue weighted by Crippen LogP contribution is -2.55. The van der Waals surface area contributed by atoms with E-state index in [1.54, 1.807) is 0 Å².